The molecule has 150 valence electrons. The Morgan fingerprint density at radius 2 is 1.86 bits per heavy atom. The van der Waals surface area contributed by atoms with Crippen molar-refractivity contribution in [2.24, 2.45) is 0 Å². The number of hydrogen-bond acceptors (Lipinski definition) is 3. The molecular weight excluding hydrogens is 412 g/mol. The number of hydrogen-bond donors (Lipinski definition) is 1. The minimum absolute atomic E-state index is 0.0867. The highest BCUT2D eigenvalue weighted by molar-refractivity contribution is 6.34. The van der Waals surface area contributed by atoms with Crippen LogP contribution < -0.4 is 10.2 Å². The van der Waals surface area contributed by atoms with Gasteiger partial charge in [0.2, 0.25) is 5.60 Å². The number of fused-ring (bicyclic) bond motifs is 1. The molecule has 0 radical (unpaired) electrons. The van der Waals surface area contributed by atoms with E-state index in [9.17, 15) is 13.2 Å². The molecule has 28 heavy (non-hydrogen) atoms. The van der Waals surface area contributed by atoms with Crippen molar-refractivity contribution < 1.29 is 17.9 Å². The van der Waals surface area contributed by atoms with Crippen LogP contribution in [0.5, 0.6) is 0 Å². The van der Waals surface area contributed by atoms with E-state index in [1.807, 2.05) is 25.2 Å². The summed E-state index contributed by atoms with van der Waals surface area (Å²) >= 11 is 11.9. The maximum Gasteiger partial charge on any atom is 0.423 e. The Hall–Kier alpha value is -1.47. The largest absolute Gasteiger partial charge is 0.423 e. The number of nitrogens with one attached hydrogen (secondary N) is 1. The number of rotatable bonds is 3. The zero-order chi connectivity index (χ0) is 20.1. The summed E-state index contributed by atoms with van der Waals surface area (Å²) in [6, 6.07) is 10.0. The Balaban J connectivity index is 1.68. The Kier molecular flexibility index (Phi) is 5.02. The molecule has 1 heterocycles. The topological polar surface area (TPSA) is 24.5 Å². The minimum atomic E-state index is -4.62. The van der Waals surface area contributed by atoms with Gasteiger partial charge in [0, 0.05) is 21.8 Å². The average molecular weight is 431 g/mol. The molecule has 1 fully saturated rings. The van der Waals surface area contributed by atoms with E-state index >= 15 is 0 Å². The van der Waals surface area contributed by atoms with Gasteiger partial charge < -0.3 is 15.0 Å². The molecule has 0 aromatic heterocycles. The van der Waals surface area contributed by atoms with Gasteiger partial charge >= 0.3 is 6.18 Å². The van der Waals surface area contributed by atoms with Gasteiger partial charge in [-0.3, -0.25) is 0 Å². The summed E-state index contributed by atoms with van der Waals surface area (Å²) in [6.07, 6.45) is -2.74. The molecule has 0 spiro atoms. The second-order valence-corrected chi connectivity index (χ2v) is 8.09. The monoisotopic (exact) mass is 430 g/mol. The lowest BCUT2D eigenvalue weighted by Gasteiger charge is -2.31. The van der Waals surface area contributed by atoms with Gasteiger partial charge in [0.1, 0.15) is 6.73 Å². The minimum Gasteiger partial charge on any atom is -0.345 e. The molecule has 0 bridgehead atoms. The van der Waals surface area contributed by atoms with Gasteiger partial charge in [-0.2, -0.15) is 13.2 Å². The van der Waals surface area contributed by atoms with E-state index in [0.717, 1.165) is 24.1 Å². The Bertz CT molecular complexity index is 885. The van der Waals surface area contributed by atoms with Gasteiger partial charge in [0.25, 0.3) is 0 Å². The van der Waals surface area contributed by atoms with E-state index in [0.29, 0.717) is 6.04 Å². The molecule has 0 amide bonds. The molecule has 4 rings (SSSR count). The highest BCUT2D eigenvalue weighted by atomic mass is 35.5. The second-order valence-electron chi connectivity index (χ2n) is 7.22. The van der Waals surface area contributed by atoms with Gasteiger partial charge in [-0.1, -0.05) is 29.3 Å². The van der Waals surface area contributed by atoms with Crippen LogP contribution in [0.3, 0.4) is 0 Å². The van der Waals surface area contributed by atoms with E-state index in [-0.39, 0.29) is 28.9 Å². The van der Waals surface area contributed by atoms with E-state index < -0.39 is 11.8 Å². The van der Waals surface area contributed by atoms with Crippen LogP contribution in [0.15, 0.2) is 36.4 Å². The van der Waals surface area contributed by atoms with Crippen molar-refractivity contribution >= 4 is 28.9 Å². The number of anilines is 1. The first-order chi connectivity index (χ1) is 13.2. The third-order valence-electron chi connectivity index (χ3n) is 5.59. The van der Waals surface area contributed by atoms with Crippen LogP contribution in [0.4, 0.5) is 18.9 Å². The maximum atomic E-state index is 14.1. The van der Waals surface area contributed by atoms with Gasteiger partial charge in [0.05, 0.1) is 6.54 Å². The first-order valence-electron chi connectivity index (χ1n) is 8.96. The lowest BCUT2D eigenvalue weighted by atomic mass is 9.92. The van der Waals surface area contributed by atoms with Crippen LogP contribution in [-0.2, 0) is 16.8 Å². The van der Waals surface area contributed by atoms with Crippen molar-refractivity contribution in [1.82, 2.24) is 5.32 Å². The molecule has 2 atom stereocenters. The third kappa shape index (κ3) is 3.26. The molecule has 1 aliphatic carbocycles. The van der Waals surface area contributed by atoms with Crippen molar-refractivity contribution in [3.05, 3.63) is 63.1 Å². The molecule has 1 N–H and O–H groups in total. The summed E-state index contributed by atoms with van der Waals surface area (Å²) < 4.78 is 47.8. The van der Waals surface area contributed by atoms with E-state index in [4.69, 9.17) is 27.9 Å². The fourth-order valence-electron chi connectivity index (χ4n) is 4.11. The fourth-order valence-corrected chi connectivity index (χ4v) is 4.64. The molecule has 2 aromatic rings. The number of ether oxygens (including phenoxy) is 1. The lowest BCUT2D eigenvalue weighted by Crippen LogP contribution is -2.46. The van der Waals surface area contributed by atoms with Crippen molar-refractivity contribution in [2.75, 3.05) is 25.2 Å². The first kappa shape index (κ1) is 19.8. The summed E-state index contributed by atoms with van der Waals surface area (Å²) in [5, 5.41) is 3.55. The lowest BCUT2D eigenvalue weighted by molar-refractivity contribution is -0.264. The highest BCUT2D eigenvalue weighted by Crippen LogP contribution is 2.48. The highest BCUT2D eigenvalue weighted by Gasteiger charge is 2.61. The molecule has 2 aromatic carbocycles. The molecule has 2 aliphatic rings. The van der Waals surface area contributed by atoms with Crippen LogP contribution in [-0.4, -0.2) is 26.5 Å². The van der Waals surface area contributed by atoms with Crippen LogP contribution in [0.2, 0.25) is 10.0 Å². The molecule has 3 nitrogen and oxygen atoms in total. The molecule has 8 heteroatoms. The number of nitrogens with zero attached hydrogens (tertiary/aromatic N) is 1. The molecule has 1 saturated heterocycles. The van der Waals surface area contributed by atoms with Gasteiger partial charge in [-0.25, -0.2) is 0 Å². The number of halogens is 5. The maximum absolute atomic E-state index is 14.1. The summed E-state index contributed by atoms with van der Waals surface area (Å²) in [6.45, 7) is -0.528. The number of aryl methyl sites for hydroxylation is 1. The summed E-state index contributed by atoms with van der Waals surface area (Å²) in [5.41, 5.74) is 0.516. The van der Waals surface area contributed by atoms with Gasteiger partial charge in [-0.05, 0) is 66.9 Å². The van der Waals surface area contributed by atoms with Crippen molar-refractivity contribution in [3.8, 4) is 0 Å². The zero-order valence-electron chi connectivity index (χ0n) is 15.1. The van der Waals surface area contributed by atoms with Gasteiger partial charge in [-0.15, -0.1) is 0 Å². The molecule has 0 saturated carbocycles. The molecule has 1 aliphatic heterocycles. The average Bonchev–Trinajstić information content (AvgIpc) is 3.25. The predicted octanol–water partition coefficient (Wildman–Crippen LogP) is 5.45. The predicted molar refractivity (Wildman–Crippen MR) is 104 cm³/mol. The van der Waals surface area contributed by atoms with Crippen molar-refractivity contribution in [3.63, 3.8) is 0 Å². The Morgan fingerprint density at radius 3 is 2.50 bits per heavy atom. The van der Waals surface area contributed by atoms with Crippen LogP contribution in [0.1, 0.15) is 29.2 Å². The third-order valence-corrected chi connectivity index (χ3v) is 6.02. The van der Waals surface area contributed by atoms with Gasteiger partial charge in [0.15, 0.2) is 0 Å². The summed E-state index contributed by atoms with van der Waals surface area (Å²) in [7, 11) is 1.91. The van der Waals surface area contributed by atoms with Crippen LogP contribution in [0, 0.1) is 0 Å². The molecule has 2 unspecified atom stereocenters. The zero-order valence-corrected chi connectivity index (χ0v) is 16.6. The SMILES string of the molecule is CNC1CCc2cc(N3COC(c4cc(Cl)cc(Cl)c4)(C(F)(F)F)C3)ccc21. The van der Waals surface area contributed by atoms with Crippen LogP contribution >= 0.6 is 23.2 Å². The smallest absolute Gasteiger partial charge is 0.345 e. The standard InChI is InChI=1S/C20H19Cl2F3N2O/c1-26-18-5-2-12-6-16(3-4-17(12)18)27-10-19(28-11-27,20(23,24)25)13-7-14(21)9-15(22)8-13/h3-4,6-9,18,26H,2,5,10-11H2,1H3. The van der Waals surface area contributed by atoms with E-state index in [1.165, 1.54) is 23.8 Å². The van der Waals surface area contributed by atoms with E-state index in [1.54, 1.807) is 4.90 Å². The second kappa shape index (κ2) is 7.10. The number of alkyl halides is 3. The number of benzene rings is 2. The van der Waals surface area contributed by atoms with Crippen molar-refractivity contribution in [2.45, 2.75) is 30.7 Å². The van der Waals surface area contributed by atoms with E-state index in [2.05, 4.69) is 5.32 Å². The normalized spacial score (nSPS) is 24.6. The summed E-state index contributed by atoms with van der Waals surface area (Å²) in [4.78, 5) is 1.61. The van der Waals surface area contributed by atoms with Crippen LogP contribution in [0.25, 0.3) is 0 Å². The Morgan fingerprint density at radius 1 is 1.14 bits per heavy atom. The fraction of sp³-hybridized carbons (Fsp3) is 0.400. The first-order valence-corrected chi connectivity index (χ1v) is 9.71. The Labute approximate surface area is 171 Å². The molecular formula is C20H19Cl2F3N2O. The van der Waals surface area contributed by atoms with Crippen molar-refractivity contribution in [1.29, 1.82) is 0 Å². The summed E-state index contributed by atoms with van der Waals surface area (Å²) in [5.74, 6) is 0. The quantitative estimate of drug-likeness (QED) is 0.700.